The van der Waals surface area contributed by atoms with Gasteiger partial charge in [-0.25, -0.2) is 4.79 Å². The lowest BCUT2D eigenvalue weighted by molar-refractivity contribution is 0.0695. The molecular weight excluding hydrogens is 398 g/mol. The molecule has 156 valence electrons. The number of ether oxygens (including phenoxy) is 1. The second-order valence-electron chi connectivity index (χ2n) is 8.43. The maximum Gasteiger partial charge on any atom is 0.341 e. The third-order valence-electron chi connectivity index (χ3n) is 6.55. The van der Waals surface area contributed by atoms with Gasteiger partial charge < -0.3 is 14.4 Å². The van der Waals surface area contributed by atoms with Gasteiger partial charge in [0.25, 0.3) is 0 Å². The summed E-state index contributed by atoms with van der Waals surface area (Å²) in [4.78, 5) is 27.1. The van der Waals surface area contributed by atoms with Crippen molar-refractivity contribution >= 4 is 28.2 Å². The molecule has 1 unspecified atom stereocenters. The number of carboxylic acid groups (broad SMARTS) is 1. The summed E-state index contributed by atoms with van der Waals surface area (Å²) in [6, 6.07) is 6.20. The van der Waals surface area contributed by atoms with Crippen LogP contribution in [0.1, 0.15) is 59.4 Å². The summed E-state index contributed by atoms with van der Waals surface area (Å²) < 4.78 is 7.81. The molecule has 1 saturated carbocycles. The average Bonchev–Trinajstić information content (AvgIpc) is 3.50. The van der Waals surface area contributed by atoms with Crippen LogP contribution in [0.5, 0.6) is 5.75 Å². The quantitative estimate of drug-likeness (QED) is 0.606. The summed E-state index contributed by atoms with van der Waals surface area (Å²) in [5.74, 6) is 0.239. The Morgan fingerprint density at radius 3 is 2.77 bits per heavy atom. The molecule has 5 rings (SSSR count). The van der Waals surface area contributed by atoms with Crippen LogP contribution in [-0.2, 0) is 12.8 Å². The van der Waals surface area contributed by atoms with E-state index in [-0.39, 0.29) is 11.6 Å². The van der Waals surface area contributed by atoms with Crippen molar-refractivity contribution in [2.24, 2.45) is 5.92 Å². The number of methoxy groups -OCH3 is 1. The first-order valence-electron chi connectivity index (χ1n) is 10.6. The highest BCUT2D eigenvalue weighted by molar-refractivity contribution is 7.15. The normalized spacial score (nSPS) is 18.4. The van der Waals surface area contributed by atoms with Crippen LogP contribution in [0.4, 0.5) is 0 Å². The van der Waals surface area contributed by atoms with Crippen molar-refractivity contribution < 1.29 is 14.6 Å². The van der Waals surface area contributed by atoms with E-state index in [9.17, 15) is 14.7 Å². The van der Waals surface area contributed by atoms with E-state index in [1.54, 1.807) is 13.2 Å². The molecule has 0 radical (unpaired) electrons. The molecule has 2 aliphatic rings. The maximum absolute atomic E-state index is 12.9. The van der Waals surface area contributed by atoms with Crippen LogP contribution in [0.2, 0.25) is 0 Å². The first-order chi connectivity index (χ1) is 14.5. The number of hydrogen-bond acceptors (Lipinski definition) is 4. The molecule has 5 nitrogen and oxygen atoms in total. The van der Waals surface area contributed by atoms with Crippen molar-refractivity contribution in [2.45, 2.75) is 51.5 Å². The number of aromatic carboxylic acids is 1. The zero-order valence-corrected chi connectivity index (χ0v) is 18.1. The Bertz CT molecular complexity index is 1220. The van der Waals surface area contributed by atoms with Crippen LogP contribution in [-0.4, -0.2) is 22.8 Å². The Morgan fingerprint density at radius 2 is 2.10 bits per heavy atom. The number of benzene rings is 1. The van der Waals surface area contributed by atoms with Crippen LogP contribution in [0.25, 0.3) is 21.3 Å². The van der Waals surface area contributed by atoms with Gasteiger partial charge in [0.05, 0.1) is 18.0 Å². The summed E-state index contributed by atoms with van der Waals surface area (Å²) in [7, 11) is 1.63. The number of pyridine rings is 1. The maximum atomic E-state index is 12.9. The molecule has 2 aromatic heterocycles. The van der Waals surface area contributed by atoms with Gasteiger partial charge in [0.15, 0.2) is 5.75 Å². The number of aromatic nitrogens is 1. The van der Waals surface area contributed by atoms with Crippen LogP contribution in [0.3, 0.4) is 0 Å². The van der Waals surface area contributed by atoms with Crippen molar-refractivity contribution in [1.29, 1.82) is 0 Å². The topological polar surface area (TPSA) is 68.5 Å². The summed E-state index contributed by atoms with van der Waals surface area (Å²) in [6.07, 6.45) is 8.19. The van der Waals surface area contributed by atoms with E-state index in [1.807, 2.05) is 22.0 Å². The fourth-order valence-electron chi connectivity index (χ4n) is 4.69. The molecular formula is C24H25NO4S. The lowest BCUT2D eigenvalue weighted by atomic mass is 9.86. The Morgan fingerprint density at radius 1 is 1.30 bits per heavy atom. The number of aryl methyl sites for hydroxylation is 1. The molecule has 0 amide bonds. The molecule has 0 spiro atoms. The molecule has 0 aliphatic heterocycles. The van der Waals surface area contributed by atoms with Crippen molar-refractivity contribution in [3.63, 3.8) is 0 Å². The Hall–Kier alpha value is -2.60. The Labute approximate surface area is 178 Å². The highest BCUT2D eigenvalue weighted by atomic mass is 32.1. The fourth-order valence-corrected chi connectivity index (χ4v) is 5.92. The number of rotatable bonds is 5. The van der Waals surface area contributed by atoms with Gasteiger partial charge in [-0.15, -0.1) is 11.3 Å². The second kappa shape index (κ2) is 7.27. The minimum Gasteiger partial charge on any atom is -0.494 e. The van der Waals surface area contributed by atoms with Gasteiger partial charge in [0.1, 0.15) is 5.56 Å². The van der Waals surface area contributed by atoms with Crippen molar-refractivity contribution in [3.05, 3.63) is 50.6 Å². The Balaban J connectivity index is 1.73. The minimum atomic E-state index is -1.18. The van der Waals surface area contributed by atoms with Gasteiger partial charge in [-0.2, -0.15) is 0 Å². The van der Waals surface area contributed by atoms with E-state index in [2.05, 4.69) is 13.0 Å². The van der Waals surface area contributed by atoms with Crippen LogP contribution in [0.15, 0.2) is 29.2 Å². The van der Waals surface area contributed by atoms with Gasteiger partial charge in [-0.1, -0.05) is 13.3 Å². The zero-order valence-electron chi connectivity index (χ0n) is 17.2. The summed E-state index contributed by atoms with van der Waals surface area (Å²) in [6.45, 7) is 2.26. The lowest BCUT2D eigenvalue weighted by Crippen LogP contribution is -2.19. The molecule has 3 aromatic rings. The van der Waals surface area contributed by atoms with Crippen LogP contribution >= 0.6 is 11.3 Å². The molecule has 1 atom stereocenters. The average molecular weight is 424 g/mol. The van der Waals surface area contributed by atoms with Crippen LogP contribution in [0, 0.1) is 5.92 Å². The standard InChI is InChI=1S/C24H25NO4S/c1-3-13-4-9-19-14(10-13)11-20(30-19)16-7-8-17-21(23(16)29-2)25(15-5-6-15)12-18(22(17)26)24(27)28/h7-8,11-13,15H,3-6,9-10H2,1-2H3,(H,27,28). The SMILES string of the molecule is CCC1CCc2sc(-c3ccc4c(=O)c(C(=O)O)cn(C5CC5)c4c3OC)cc2C1. The van der Waals surface area contributed by atoms with E-state index in [1.165, 1.54) is 29.5 Å². The smallest absolute Gasteiger partial charge is 0.341 e. The highest BCUT2D eigenvalue weighted by Gasteiger charge is 2.29. The largest absolute Gasteiger partial charge is 0.494 e. The number of thiophene rings is 1. The van der Waals surface area contributed by atoms with Crippen molar-refractivity contribution in [1.82, 2.24) is 4.57 Å². The van der Waals surface area contributed by atoms with Crippen LogP contribution < -0.4 is 10.2 Å². The molecule has 30 heavy (non-hydrogen) atoms. The Kier molecular flexibility index (Phi) is 4.69. The molecule has 2 heterocycles. The van der Waals surface area contributed by atoms with Gasteiger partial charge in [-0.05, 0) is 61.8 Å². The molecule has 6 heteroatoms. The van der Waals surface area contributed by atoms with Gasteiger partial charge in [0, 0.05) is 27.6 Å². The predicted molar refractivity (Wildman–Crippen MR) is 119 cm³/mol. The van der Waals surface area contributed by atoms with E-state index in [0.717, 1.165) is 42.0 Å². The van der Waals surface area contributed by atoms with E-state index in [0.29, 0.717) is 16.7 Å². The van der Waals surface area contributed by atoms with Gasteiger partial charge in [0.2, 0.25) is 5.43 Å². The highest BCUT2D eigenvalue weighted by Crippen LogP contribution is 2.45. The molecule has 1 aromatic carbocycles. The number of hydrogen-bond donors (Lipinski definition) is 1. The van der Waals surface area contributed by atoms with E-state index in [4.69, 9.17) is 4.74 Å². The van der Waals surface area contributed by atoms with E-state index < -0.39 is 11.4 Å². The molecule has 1 fully saturated rings. The second-order valence-corrected chi connectivity index (χ2v) is 9.57. The molecule has 0 bridgehead atoms. The number of nitrogens with zero attached hydrogens (tertiary/aromatic N) is 1. The first kappa shape index (κ1) is 19.4. The zero-order chi connectivity index (χ0) is 21.0. The summed E-state index contributed by atoms with van der Waals surface area (Å²) in [5, 5.41) is 9.91. The number of carboxylic acids is 1. The number of fused-ring (bicyclic) bond motifs is 2. The third-order valence-corrected chi connectivity index (χ3v) is 7.82. The monoisotopic (exact) mass is 423 g/mol. The van der Waals surface area contributed by atoms with E-state index >= 15 is 0 Å². The molecule has 2 aliphatic carbocycles. The summed E-state index contributed by atoms with van der Waals surface area (Å²) >= 11 is 1.82. The molecule has 1 N–H and O–H groups in total. The third kappa shape index (κ3) is 3.05. The van der Waals surface area contributed by atoms with Crippen molar-refractivity contribution in [3.8, 4) is 16.2 Å². The van der Waals surface area contributed by atoms with Crippen molar-refractivity contribution in [2.75, 3.05) is 7.11 Å². The number of carbonyl (C=O) groups is 1. The molecule has 0 saturated heterocycles. The summed E-state index contributed by atoms with van der Waals surface area (Å²) in [5.41, 5.74) is 2.51. The minimum absolute atomic E-state index is 0.179. The van der Waals surface area contributed by atoms with Gasteiger partial charge in [-0.3, -0.25) is 4.79 Å². The first-order valence-corrected chi connectivity index (χ1v) is 11.4. The lowest BCUT2D eigenvalue weighted by Gasteiger charge is -2.19. The van der Waals surface area contributed by atoms with Gasteiger partial charge >= 0.3 is 5.97 Å². The predicted octanol–water partition coefficient (Wildman–Crippen LogP) is 5.29. The fraction of sp³-hybridized carbons (Fsp3) is 0.417.